The Labute approximate surface area is 221 Å². The third-order valence-electron chi connectivity index (χ3n) is 7.33. The zero-order valence-electron chi connectivity index (χ0n) is 22.9. The Hall–Kier alpha value is -3.19. The highest BCUT2D eigenvalue weighted by molar-refractivity contribution is 6.10. The molecule has 1 aromatic rings. The first-order chi connectivity index (χ1) is 17.8. The van der Waals surface area contributed by atoms with E-state index in [0.717, 1.165) is 55.9 Å². The van der Waals surface area contributed by atoms with Crippen LogP contribution in [0.2, 0.25) is 0 Å². The quantitative estimate of drug-likeness (QED) is 0.310. The number of hydrogen-bond donors (Lipinski definition) is 1. The van der Waals surface area contributed by atoms with Gasteiger partial charge in [0.05, 0.1) is 19.1 Å². The van der Waals surface area contributed by atoms with Crippen molar-refractivity contribution in [2.24, 2.45) is 16.8 Å². The number of esters is 1. The van der Waals surface area contributed by atoms with Crippen LogP contribution in [0.15, 0.2) is 53.0 Å². The van der Waals surface area contributed by atoms with Gasteiger partial charge in [-0.2, -0.15) is 0 Å². The third kappa shape index (κ3) is 6.21. The standard InChI is InChI=1S/C30H41N4O3/c1-7-25-22(17-34-18-24(19-34)30(35)36-6)9-8-10-26(25)23-15-31-29(32-16-23)21-11-13-27(33(4)5)28(14-12-21)37-20(2)3/h8-10,12,14-16,20-21,24,29,31H,4,7,11,13,17-19H2,1-3,5-6H3/q+1. The molecule has 0 spiro atoms. The molecule has 1 saturated heterocycles. The molecule has 4 rings (SSSR count). The van der Waals surface area contributed by atoms with Gasteiger partial charge in [-0.15, -0.1) is 0 Å². The van der Waals surface area contributed by atoms with E-state index in [1.54, 1.807) is 0 Å². The van der Waals surface area contributed by atoms with Gasteiger partial charge in [-0.25, -0.2) is 4.58 Å². The normalized spacial score (nSPS) is 22.3. The van der Waals surface area contributed by atoms with E-state index in [9.17, 15) is 4.79 Å². The fraction of sp³-hybridized carbons (Fsp3) is 0.500. The van der Waals surface area contributed by atoms with Crippen LogP contribution in [-0.2, 0) is 27.2 Å². The van der Waals surface area contributed by atoms with Gasteiger partial charge in [-0.3, -0.25) is 14.7 Å². The van der Waals surface area contributed by atoms with Gasteiger partial charge < -0.3 is 14.8 Å². The van der Waals surface area contributed by atoms with E-state index >= 15 is 0 Å². The molecule has 37 heavy (non-hydrogen) atoms. The van der Waals surface area contributed by atoms with E-state index in [1.807, 2.05) is 31.7 Å². The van der Waals surface area contributed by atoms with E-state index in [2.05, 4.69) is 60.4 Å². The summed E-state index contributed by atoms with van der Waals surface area (Å²) in [4.78, 5) is 19.0. The van der Waals surface area contributed by atoms with Crippen LogP contribution in [-0.4, -0.2) is 67.9 Å². The molecule has 7 nitrogen and oxygen atoms in total. The van der Waals surface area contributed by atoms with Crippen molar-refractivity contribution in [2.45, 2.75) is 58.8 Å². The van der Waals surface area contributed by atoms with Crippen LogP contribution in [0.3, 0.4) is 0 Å². The summed E-state index contributed by atoms with van der Waals surface area (Å²) < 4.78 is 12.9. The molecule has 2 unspecified atom stereocenters. The number of nitrogens with one attached hydrogen (secondary N) is 1. The van der Waals surface area contributed by atoms with Crippen molar-refractivity contribution < 1.29 is 18.8 Å². The number of benzene rings is 1. The third-order valence-corrected chi connectivity index (χ3v) is 7.33. The number of allylic oxidation sites excluding steroid dienone is 3. The van der Waals surface area contributed by atoms with Crippen LogP contribution >= 0.6 is 0 Å². The molecule has 2 atom stereocenters. The van der Waals surface area contributed by atoms with E-state index in [0.29, 0.717) is 0 Å². The second kappa shape index (κ2) is 11.9. The first kappa shape index (κ1) is 26.9. The molecule has 7 heteroatoms. The average molecular weight is 506 g/mol. The smallest absolute Gasteiger partial charge is 0.311 e. The summed E-state index contributed by atoms with van der Waals surface area (Å²) in [6.45, 7) is 12.7. The molecule has 1 aliphatic carbocycles. The van der Waals surface area contributed by atoms with E-state index in [-0.39, 0.29) is 30.1 Å². The van der Waals surface area contributed by atoms with Crippen LogP contribution in [0.25, 0.3) is 5.57 Å². The fourth-order valence-corrected chi connectivity index (χ4v) is 5.36. The Morgan fingerprint density at radius 2 is 2.11 bits per heavy atom. The van der Waals surface area contributed by atoms with Crippen molar-refractivity contribution in [2.75, 3.05) is 27.2 Å². The highest BCUT2D eigenvalue weighted by Crippen LogP contribution is 2.30. The summed E-state index contributed by atoms with van der Waals surface area (Å²) in [5.41, 5.74) is 6.07. The molecule has 0 radical (unpaired) electrons. The number of aliphatic imine (C=N–C) groups is 1. The maximum atomic E-state index is 11.7. The van der Waals surface area contributed by atoms with Gasteiger partial charge in [-0.05, 0) is 49.5 Å². The number of ether oxygens (including phenoxy) is 2. The molecule has 0 aromatic heterocycles. The second-order valence-corrected chi connectivity index (χ2v) is 10.4. The van der Waals surface area contributed by atoms with Gasteiger partial charge in [0.15, 0.2) is 5.76 Å². The number of carbonyl (C=O) groups is 1. The molecule has 1 fully saturated rings. The van der Waals surface area contributed by atoms with Gasteiger partial charge in [0.2, 0.25) is 5.70 Å². The first-order valence-corrected chi connectivity index (χ1v) is 13.3. The minimum Gasteiger partial charge on any atom is -0.485 e. The predicted molar refractivity (Wildman–Crippen MR) is 148 cm³/mol. The maximum absolute atomic E-state index is 11.7. The lowest BCUT2D eigenvalue weighted by Crippen LogP contribution is -2.50. The summed E-state index contributed by atoms with van der Waals surface area (Å²) in [6.07, 6.45) is 11.3. The molecular weight excluding hydrogens is 464 g/mol. The molecule has 3 aliphatic rings. The SMILES string of the molecule is C=[N+](C)C1=C(OC(C)C)C=CC(C2N=CC(c3cccc(CN4CC(C(=O)OC)C4)c3CC)=CN2)CC1. The molecule has 198 valence electrons. The van der Waals surface area contributed by atoms with Crippen LogP contribution in [0.4, 0.5) is 0 Å². The average Bonchev–Trinajstić information content (AvgIpc) is 3.07. The van der Waals surface area contributed by atoms with Gasteiger partial charge in [-0.1, -0.05) is 31.2 Å². The molecule has 2 aliphatic heterocycles. The van der Waals surface area contributed by atoms with Crippen LogP contribution in [0.5, 0.6) is 0 Å². The fourth-order valence-electron chi connectivity index (χ4n) is 5.36. The number of nitrogens with zero attached hydrogens (tertiary/aromatic N) is 3. The van der Waals surface area contributed by atoms with Crippen LogP contribution < -0.4 is 5.32 Å². The minimum atomic E-state index is -0.109. The lowest BCUT2D eigenvalue weighted by molar-refractivity contribution is -0.440. The number of likely N-dealkylation sites (tertiary alicyclic amines) is 1. The van der Waals surface area contributed by atoms with Crippen LogP contribution in [0, 0.1) is 11.8 Å². The minimum absolute atomic E-state index is 0.00102. The van der Waals surface area contributed by atoms with E-state index in [1.165, 1.54) is 23.8 Å². The molecule has 1 N–H and O–H groups in total. The Balaban J connectivity index is 1.43. The Morgan fingerprint density at radius 3 is 2.73 bits per heavy atom. The van der Waals surface area contributed by atoms with Crippen molar-refractivity contribution in [1.29, 1.82) is 0 Å². The summed E-state index contributed by atoms with van der Waals surface area (Å²) in [5, 5.41) is 3.56. The lowest BCUT2D eigenvalue weighted by Gasteiger charge is -2.37. The van der Waals surface area contributed by atoms with Gasteiger partial charge >= 0.3 is 5.97 Å². The largest absolute Gasteiger partial charge is 0.485 e. The van der Waals surface area contributed by atoms with Crippen molar-refractivity contribution in [3.8, 4) is 0 Å². The van der Waals surface area contributed by atoms with Crippen LogP contribution in [0.1, 0.15) is 50.3 Å². The predicted octanol–water partition coefficient (Wildman–Crippen LogP) is 4.14. The summed E-state index contributed by atoms with van der Waals surface area (Å²) in [5.74, 6) is 1.04. The number of hydrogen-bond acceptors (Lipinski definition) is 6. The summed E-state index contributed by atoms with van der Waals surface area (Å²) >= 11 is 0. The first-order valence-electron chi connectivity index (χ1n) is 13.3. The maximum Gasteiger partial charge on any atom is 0.311 e. The summed E-state index contributed by atoms with van der Waals surface area (Å²) in [7, 11) is 3.43. The molecule has 0 amide bonds. The summed E-state index contributed by atoms with van der Waals surface area (Å²) in [6, 6.07) is 6.49. The zero-order valence-corrected chi connectivity index (χ0v) is 22.9. The van der Waals surface area contributed by atoms with E-state index in [4.69, 9.17) is 14.5 Å². The Bertz CT molecular complexity index is 1140. The number of methoxy groups -OCH3 is 1. The monoisotopic (exact) mass is 505 g/mol. The highest BCUT2D eigenvalue weighted by atomic mass is 16.5. The van der Waals surface area contributed by atoms with Crippen molar-refractivity contribution in [3.05, 3.63) is 64.7 Å². The van der Waals surface area contributed by atoms with Gasteiger partial charge in [0.1, 0.15) is 19.9 Å². The molecule has 0 saturated carbocycles. The van der Waals surface area contributed by atoms with E-state index < -0.39 is 0 Å². The lowest BCUT2D eigenvalue weighted by atomic mass is 9.91. The van der Waals surface area contributed by atoms with Crippen molar-refractivity contribution >= 4 is 24.5 Å². The number of carbonyl (C=O) groups excluding carboxylic acids is 1. The molecular formula is C30H41N4O3+. The van der Waals surface area contributed by atoms with Gasteiger partial charge in [0.25, 0.3) is 0 Å². The molecule has 0 bridgehead atoms. The Morgan fingerprint density at radius 1 is 1.32 bits per heavy atom. The van der Waals surface area contributed by atoms with Crippen molar-refractivity contribution in [1.82, 2.24) is 10.2 Å². The molecule has 2 heterocycles. The second-order valence-electron chi connectivity index (χ2n) is 10.4. The highest BCUT2D eigenvalue weighted by Gasteiger charge is 2.33. The zero-order chi connectivity index (χ0) is 26.5. The van der Waals surface area contributed by atoms with Crippen molar-refractivity contribution in [3.63, 3.8) is 0 Å². The van der Waals surface area contributed by atoms with Gasteiger partial charge in [0, 0.05) is 50.0 Å². The Kier molecular flexibility index (Phi) is 8.64. The molecule has 1 aromatic carbocycles. The topological polar surface area (TPSA) is 66.2 Å². The number of rotatable bonds is 9.